The smallest absolute Gasteiger partial charge is 0.358 e. The Morgan fingerprint density at radius 3 is 2.63 bits per heavy atom. The lowest BCUT2D eigenvalue weighted by atomic mass is 9.99. The molecule has 1 aliphatic carbocycles. The van der Waals surface area contributed by atoms with Gasteiger partial charge in [-0.25, -0.2) is 4.79 Å². The molecule has 1 N–H and O–H groups in total. The van der Waals surface area contributed by atoms with Crippen molar-refractivity contribution >= 4 is 5.97 Å². The first kappa shape index (κ1) is 12.0. The van der Waals surface area contributed by atoms with E-state index in [1.165, 1.54) is 36.5 Å². The second kappa shape index (κ2) is 4.88. The number of carboxylic acid groups (broad SMARTS) is 1. The number of carbonyl (C=O) groups is 1. The molecule has 0 saturated carbocycles. The van der Waals surface area contributed by atoms with E-state index in [1.807, 2.05) is 6.07 Å². The average Bonchev–Trinajstić information content (AvgIpc) is 2.78. The second-order valence-electron chi connectivity index (χ2n) is 4.93. The summed E-state index contributed by atoms with van der Waals surface area (Å²) in [4.78, 5) is 10.8. The summed E-state index contributed by atoms with van der Waals surface area (Å²) in [6.45, 7) is 0. The van der Waals surface area contributed by atoms with Crippen LogP contribution in [0, 0.1) is 0 Å². The number of aromatic nitrogens is 1. The van der Waals surface area contributed by atoms with Crippen LogP contribution in [-0.4, -0.2) is 16.2 Å². The van der Waals surface area contributed by atoms with Crippen LogP contribution in [-0.2, 0) is 12.8 Å². The number of fused-ring (bicyclic) bond motifs is 1. The van der Waals surface area contributed by atoms with Crippen LogP contribution in [0.2, 0.25) is 0 Å². The molecule has 98 valence electrons. The fourth-order valence-electron chi connectivity index (χ4n) is 2.58. The van der Waals surface area contributed by atoms with Gasteiger partial charge in [-0.1, -0.05) is 23.7 Å². The summed E-state index contributed by atoms with van der Waals surface area (Å²) in [5, 5.41) is 12.4. The first-order chi connectivity index (χ1) is 9.24. The first-order valence-electron chi connectivity index (χ1n) is 6.56. The molecular formula is C15H15NO3. The highest BCUT2D eigenvalue weighted by Crippen LogP contribution is 2.27. The van der Waals surface area contributed by atoms with Gasteiger partial charge in [0.1, 0.15) is 0 Å². The van der Waals surface area contributed by atoms with E-state index in [0.29, 0.717) is 5.76 Å². The standard InChI is InChI=1S/C15H15NO3/c17-15(18)13-9-14(19-16-13)12-7-6-10-4-2-1-3-5-11(10)8-12/h6-9H,1-5H2,(H,17,18). The normalized spacial score (nSPS) is 14.7. The van der Waals surface area contributed by atoms with Crippen molar-refractivity contribution in [3.05, 3.63) is 41.1 Å². The van der Waals surface area contributed by atoms with E-state index in [-0.39, 0.29) is 5.69 Å². The summed E-state index contributed by atoms with van der Waals surface area (Å²) in [5.74, 6) is -0.547. The van der Waals surface area contributed by atoms with Crippen molar-refractivity contribution < 1.29 is 14.4 Å². The zero-order chi connectivity index (χ0) is 13.2. The summed E-state index contributed by atoms with van der Waals surface area (Å²) in [7, 11) is 0. The number of carboxylic acids is 1. The van der Waals surface area contributed by atoms with Crippen LogP contribution in [0.1, 0.15) is 40.9 Å². The molecule has 19 heavy (non-hydrogen) atoms. The van der Waals surface area contributed by atoms with Gasteiger partial charge in [-0.2, -0.15) is 0 Å². The lowest BCUT2D eigenvalue weighted by Crippen LogP contribution is -1.94. The van der Waals surface area contributed by atoms with Gasteiger partial charge >= 0.3 is 5.97 Å². The van der Waals surface area contributed by atoms with Gasteiger partial charge in [-0.05, 0) is 42.9 Å². The highest BCUT2D eigenvalue weighted by molar-refractivity contribution is 5.86. The molecule has 4 nitrogen and oxygen atoms in total. The highest BCUT2D eigenvalue weighted by atomic mass is 16.5. The fourth-order valence-corrected chi connectivity index (χ4v) is 2.58. The van der Waals surface area contributed by atoms with E-state index in [1.54, 1.807) is 0 Å². The quantitative estimate of drug-likeness (QED) is 0.838. The molecule has 1 aliphatic rings. The number of rotatable bonds is 2. The van der Waals surface area contributed by atoms with Crippen LogP contribution in [0.4, 0.5) is 0 Å². The average molecular weight is 257 g/mol. The number of hydrogen-bond acceptors (Lipinski definition) is 3. The topological polar surface area (TPSA) is 63.3 Å². The van der Waals surface area contributed by atoms with Crippen LogP contribution < -0.4 is 0 Å². The Bertz CT molecular complexity index is 616. The molecule has 0 atom stereocenters. The van der Waals surface area contributed by atoms with Gasteiger partial charge in [0.15, 0.2) is 11.5 Å². The Morgan fingerprint density at radius 1 is 1.11 bits per heavy atom. The van der Waals surface area contributed by atoms with Crippen LogP contribution in [0.15, 0.2) is 28.8 Å². The minimum absolute atomic E-state index is 0.0510. The summed E-state index contributed by atoms with van der Waals surface area (Å²) < 4.78 is 5.10. The monoisotopic (exact) mass is 257 g/mol. The predicted octanol–water partition coefficient (Wildman–Crippen LogP) is 3.31. The van der Waals surface area contributed by atoms with E-state index in [0.717, 1.165) is 18.4 Å². The zero-order valence-corrected chi connectivity index (χ0v) is 10.6. The molecule has 0 fully saturated rings. The Hall–Kier alpha value is -2.10. The molecule has 0 radical (unpaired) electrons. The largest absolute Gasteiger partial charge is 0.476 e. The predicted molar refractivity (Wildman–Crippen MR) is 70.2 cm³/mol. The molecule has 1 heterocycles. The molecule has 0 spiro atoms. The molecule has 1 aromatic heterocycles. The molecule has 0 aliphatic heterocycles. The maximum absolute atomic E-state index is 10.8. The van der Waals surface area contributed by atoms with Crippen molar-refractivity contribution in [2.24, 2.45) is 0 Å². The Labute approximate surface area is 111 Å². The van der Waals surface area contributed by atoms with Crippen LogP contribution in [0.5, 0.6) is 0 Å². The van der Waals surface area contributed by atoms with E-state index in [4.69, 9.17) is 9.63 Å². The summed E-state index contributed by atoms with van der Waals surface area (Å²) in [5.41, 5.74) is 3.60. The van der Waals surface area contributed by atoms with E-state index in [2.05, 4.69) is 17.3 Å². The summed E-state index contributed by atoms with van der Waals surface area (Å²) >= 11 is 0. The third kappa shape index (κ3) is 2.38. The van der Waals surface area contributed by atoms with Crippen molar-refractivity contribution in [1.82, 2.24) is 5.16 Å². The van der Waals surface area contributed by atoms with Gasteiger partial charge < -0.3 is 9.63 Å². The summed E-state index contributed by atoms with van der Waals surface area (Å²) in [6.07, 6.45) is 5.95. The maximum atomic E-state index is 10.8. The minimum atomic E-state index is -1.07. The third-order valence-electron chi connectivity index (χ3n) is 3.61. The van der Waals surface area contributed by atoms with Gasteiger partial charge in [0.05, 0.1) is 0 Å². The Balaban J connectivity index is 1.96. The third-order valence-corrected chi connectivity index (χ3v) is 3.61. The minimum Gasteiger partial charge on any atom is -0.476 e. The van der Waals surface area contributed by atoms with Crippen LogP contribution in [0.3, 0.4) is 0 Å². The van der Waals surface area contributed by atoms with Gasteiger partial charge in [-0.3, -0.25) is 0 Å². The first-order valence-corrected chi connectivity index (χ1v) is 6.56. The van der Waals surface area contributed by atoms with Gasteiger partial charge in [0, 0.05) is 11.6 Å². The fraction of sp³-hybridized carbons (Fsp3) is 0.333. The molecule has 4 heteroatoms. The van der Waals surface area contributed by atoms with Crippen LogP contribution in [0.25, 0.3) is 11.3 Å². The molecule has 0 bridgehead atoms. The molecule has 0 saturated heterocycles. The molecule has 0 unspecified atom stereocenters. The number of nitrogens with zero attached hydrogens (tertiary/aromatic N) is 1. The highest BCUT2D eigenvalue weighted by Gasteiger charge is 2.14. The van der Waals surface area contributed by atoms with E-state index in [9.17, 15) is 4.79 Å². The molecule has 1 aromatic carbocycles. The maximum Gasteiger partial charge on any atom is 0.358 e. The lowest BCUT2D eigenvalue weighted by Gasteiger charge is -2.06. The number of aromatic carboxylic acids is 1. The van der Waals surface area contributed by atoms with Crippen LogP contribution >= 0.6 is 0 Å². The van der Waals surface area contributed by atoms with Crippen molar-refractivity contribution in [3.8, 4) is 11.3 Å². The summed E-state index contributed by atoms with van der Waals surface area (Å²) in [6, 6.07) is 7.68. The van der Waals surface area contributed by atoms with Crippen molar-refractivity contribution in [2.75, 3.05) is 0 Å². The van der Waals surface area contributed by atoms with E-state index >= 15 is 0 Å². The molecule has 0 amide bonds. The number of benzene rings is 1. The molecule has 2 aromatic rings. The number of aryl methyl sites for hydroxylation is 2. The Kier molecular flexibility index (Phi) is 3.07. The van der Waals surface area contributed by atoms with Crippen molar-refractivity contribution in [1.29, 1.82) is 0 Å². The SMILES string of the molecule is O=C(O)c1cc(-c2ccc3c(c2)CCCCC3)on1. The van der Waals surface area contributed by atoms with Gasteiger partial charge in [-0.15, -0.1) is 0 Å². The van der Waals surface area contributed by atoms with Crippen molar-refractivity contribution in [2.45, 2.75) is 32.1 Å². The molecule has 3 rings (SSSR count). The number of hydrogen-bond donors (Lipinski definition) is 1. The Morgan fingerprint density at radius 2 is 1.89 bits per heavy atom. The molecular weight excluding hydrogens is 242 g/mol. The van der Waals surface area contributed by atoms with Gasteiger partial charge in [0.2, 0.25) is 0 Å². The lowest BCUT2D eigenvalue weighted by molar-refractivity contribution is 0.0686. The second-order valence-corrected chi connectivity index (χ2v) is 4.93. The van der Waals surface area contributed by atoms with Crippen molar-refractivity contribution in [3.63, 3.8) is 0 Å². The van der Waals surface area contributed by atoms with E-state index < -0.39 is 5.97 Å². The zero-order valence-electron chi connectivity index (χ0n) is 10.6. The van der Waals surface area contributed by atoms with Gasteiger partial charge in [0.25, 0.3) is 0 Å².